The van der Waals surface area contributed by atoms with E-state index in [1.54, 1.807) is 0 Å². The summed E-state index contributed by atoms with van der Waals surface area (Å²) in [5, 5.41) is 0. The first-order valence-corrected chi connectivity index (χ1v) is 6.21. The van der Waals surface area contributed by atoms with Crippen molar-refractivity contribution in [2.45, 2.75) is 12.5 Å². The van der Waals surface area contributed by atoms with Gasteiger partial charge in [-0.25, -0.2) is 0 Å². The minimum absolute atomic E-state index is 0.00921. The molecule has 0 aliphatic carbocycles. The molecule has 0 heterocycles. The van der Waals surface area contributed by atoms with E-state index in [9.17, 15) is 26.3 Å². The summed E-state index contributed by atoms with van der Waals surface area (Å²) in [5.41, 5.74) is -0.819. The molecule has 0 fully saturated rings. The van der Waals surface area contributed by atoms with E-state index in [4.69, 9.17) is 4.74 Å². The number of hydrogen-bond acceptors (Lipinski definition) is 2. The quantitative estimate of drug-likeness (QED) is 0.710. The average molecular weight is 336 g/mol. The van der Waals surface area contributed by atoms with Gasteiger partial charge in [-0.1, -0.05) is 12.1 Å². The fraction of sp³-hybridized carbons (Fsp3) is 0.200. The van der Waals surface area contributed by atoms with Gasteiger partial charge < -0.3 is 9.47 Å². The molecule has 2 aromatic rings. The first-order chi connectivity index (χ1) is 10.6. The van der Waals surface area contributed by atoms with Crippen molar-refractivity contribution in [3.05, 3.63) is 48.0 Å². The Hall–Kier alpha value is -2.38. The van der Waals surface area contributed by atoms with E-state index in [-0.39, 0.29) is 16.9 Å². The zero-order chi connectivity index (χ0) is 17.3. The lowest BCUT2D eigenvalue weighted by molar-refractivity contribution is -0.274. The van der Waals surface area contributed by atoms with Crippen LogP contribution >= 0.6 is 0 Å². The van der Waals surface area contributed by atoms with Crippen molar-refractivity contribution in [2.24, 2.45) is 0 Å². The van der Waals surface area contributed by atoms with E-state index in [1.165, 1.54) is 19.2 Å². The summed E-state index contributed by atoms with van der Waals surface area (Å²) in [6, 6.07) is 7.40. The van der Waals surface area contributed by atoms with Crippen molar-refractivity contribution in [3.63, 3.8) is 0 Å². The Kier molecular flexibility index (Phi) is 4.44. The van der Waals surface area contributed by atoms with Gasteiger partial charge in [-0.3, -0.25) is 0 Å². The molecule has 2 aromatic carbocycles. The zero-order valence-corrected chi connectivity index (χ0v) is 11.6. The van der Waals surface area contributed by atoms with Gasteiger partial charge in [0.05, 0.1) is 12.7 Å². The summed E-state index contributed by atoms with van der Waals surface area (Å²) >= 11 is 0. The fourth-order valence-corrected chi connectivity index (χ4v) is 1.97. The van der Waals surface area contributed by atoms with Gasteiger partial charge in [0, 0.05) is 5.56 Å². The average Bonchev–Trinajstić information content (AvgIpc) is 2.44. The topological polar surface area (TPSA) is 18.5 Å². The summed E-state index contributed by atoms with van der Waals surface area (Å²) in [6.45, 7) is 0. The first-order valence-electron chi connectivity index (χ1n) is 6.21. The van der Waals surface area contributed by atoms with Crippen LogP contribution in [0, 0.1) is 0 Å². The lowest BCUT2D eigenvalue weighted by Crippen LogP contribution is -2.17. The summed E-state index contributed by atoms with van der Waals surface area (Å²) in [6.07, 6.45) is -9.47. The highest BCUT2D eigenvalue weighted by molar-refractivity contribution is 5.72. The Bertz CT molecular complexity index is 691. The Labute approximate surface area is 127 Å². The lowest BCUT2D eigenvalue weighted by Gasteiger charge is -2.14. The van der Waals surface area contributed by atoms with Crippen molar-refractivity contribution in [2.75, 3.05) is 7.11 Å². The zero-order valence-electron chi connectivity index (χ0n) is 11.6. The van der Waals surface area contributed by atoms with Crippen LogP contribution in [-0.4, -0.2) is 13.5 Å². The predicted molar refractivity (Wildman–Crippen MR) is 70.1 cm³/mol. The number of ether oxygens (including phenoxy) is 2. The van der Waals surface area contributed by atoms with Crippen molar-refractivity contribution < 1.29 is 35.8 Å². The van der Waals surface area contributed by atoms with Crippen molar-refractivity contribution >= 4 is 0 Å². The highest BCUT2D eigenvalue weighted by Crippen LogP contribution is 2.38. The van der Waals surface area contributed by atoms with Crippen LogP contribution in [-0.2, 0) is 6.18 Å². The monoisotopic (exact) mass is 336 g/mol. The van der Waals surface area contributed by atoms with Crippen molar-refractivity contribution in [3.8, 4) is 22.6 Å². The van der Waals surface area contributed by atoms with Gasteiger partial charge in [-0.15, -0.1) is 13.2 Å². The highest BCUT2D eigenvalue weighted by atomic mass is 19.4. The number of alkyl halides is 6. The molecule has 0 bridgehead atoms. The van der Waals surface area contributed by atoms with E-state index in [2.05, 4.69) is 4.74 Å². The molecular weight excluding hydrogens is 326 g/mol. The molecule has 124 valence electrons. The van der Waals surface area contributed by atoms with Crippen LogP contribution < -0.4 is 9.47 Å². The van der Waals surface area contributed by atoms with Gasteiger partial charge in [0.25, 0.3) is 0 Å². The third-order valence-electron chi connectivity index (χ3n) is 2.91. The van der Waals surface area contributed by atoms with Crippen LogP contribution in [0.5, 0.6) is 11.5 Å². The van der Waals surface area contributed by atoms with Crippen LogP contribution in [0.4, 0.5) is 26.3 Å². The maximum atomic E-state index is 12.8. The van der Waals surface area contributed by atoms with E-state index in [0.29, 0.717) is 0 Å². The minimum atomic E-state index is -4.89. The van der Waals surface area contributed by atoms with Gasteiger partial charge in [0.15, 0.2) is 0 Å². The summed E-state index contributed by atoms with van der Waals surface area (Å²) in [7, 11) is 1.25. The number of rotatable bonds is 3. The fourth-order valence-electron chi connectivity index (χ4n) is 1.97. The summed E-state index contributed by atoms with van der Waals surface area (Å²) in [4.78, 5) is 0. The largest absolute Gasteiger partial charge is 0.573 e. The van der Waals surface area contributed by atoms with E-state index >= 15 is 0 Å². The van der Waals surface area contributed by atoms with Gasteiger partial charge in [0.1, 0.15) is 11.5 Å². The first kappa shape index (κ1) is 17.0. The SMILES string of the molecule is COc1ccc(C(F)(F)F)cc1-c1cccc(OC(F)(F)F)c1. The maximum Gasteiger partial charge on any atom is 0.573 e. The molecule has 0 aliphatic heterocycles. The standard InChI is InChI=1S/C15H10F6O2/c1-22-13-6-5-10(14(16,17)18)8-12(13)9-3-2-4-11(7-9)23-15(19,20)21/h2-8H,1H3. The summed E-state index contributed by atoms with van der Waals surface area (Å²) < 4.78 is 83.9. The Morgan fingerprint density at radius 1 is 0.870 bits per heavy atom. The van der Waals surface area contributed by atoms with Gasteiger partial charge in [-0.05, 0) is 35.9 Å². The summed E-state index contributed by atoms with van der Waals surface area (Å²) in [5.74, 6) is -0.434. The Balaban J connectivity index is 2.50. The lowest BCUT2D eigenvalue weighted by atomic mass is 10.0. The van der Waals surface area contributed by atoms with Crippen LogP contribution in [0.2, 0.25) is 0 Å². The van der Waals surface area contributed by atoms with Crippen molar-refractivity contribution in [1.29, 1.82) is 0 Å². The number of methoxy groups -OCH3 is 1. The second-order valence-electron chi connectivity index (χ2n) is 4.49. The second kappa shape index (κ2) is 6.02. The van der Waals surface area contributed by atoms with E-state index < -0.39 is 23.9 Å². The molecule has 2 rings (SSSR count). The normalized spacial score (nSPS) is 12.1. The molecular formula is C15H10F6O2. The van der Waals surface area contributed by atoms with Crippen LogP contribution in [0.15, 0.2) is 42.5 Å². The highest BCUT2D eigenvalue weighted by Gasteiger charge is 2.32. The van der Waals surface area contributed by atoms with Gasteiger partial charge in [-0.2, -0.15) is 13.2 Å². The molecule has 0 saturated carbocycles. The van der Waals surface area contributed by atoms with Crippen molar-refractivity contribution in [1.82, 2.24) is 0 Å². The van der Waals surface area contributed by atoms with Gasteiger partial charge >= 0.3 is 12.5 Å². The minimum Gasteiger partial charge on any atom is -0.496 e. The smallest absolute Gasteiger partial charge is 0.496 e. The van der Waals surface area contributed by atoms with Crippen LogP contribution in [0.1, 0.15) is 5.56 Å². The van der Waals surface area contributed by atoms with E-state index in [0.717, 1.165) is 30.3 Å². The third kappa shape index (κ3) is 4.30. The van der Waals surface area contributed by atoms with Crippen LogP contribution in [0.3, 0.4) is 0 Å². The third-order valence-corrected chi connectivity index (χ3v) is 2.91. The second-order valence-corrected chi connectivity index (χ2v) is 4.49. The molecule has 8 heteroatoms. The number of halogens is 6. The number of benzene rings is 2. The molecule has 0 aromatic heterocycles. The molecule has 0 radical (unpaired) electrons. The number of hydrogen-bond donors (Lipinski definition) is 0. The molecule has 0 N–H and O–H groups in total. The maximum absolute atomic E-state index is 12.8. The molecule has 2 nitrogen and oxygen atoms in total. The van der Waals surface area contributed by atoms with E-state index in [1.807, 2.05) is 0 Å². The molecule has 0 atom stereocenters. The molecule has 0 saturated heterocycles. The Morgan fingerprint density at radius 3 is 2.13 bits per heavy atom. The van der Waals surface area contributed by atoms with Gasteiger partial charge in [0.2, 0.25) is 0 Å². The predicted octanol–water partition coefficient (Wildman–Crippen LogP) is 5.28. The Morgan fingerprint density at radius 2 is 1.57 bits per heavy atom. The van der Waals surface area contributed by atoms with Crippen LogP contribution in [0.25, 0.3) is 11.1 Å². The molecule has 0 aliphatic rings. The molecule has 0 amide bonds. The molecule has 23 heavy (non-hydrogen) atoms. The molecule has 0 spiro atoms. The molecule has 0 unspecified atom stereocenters.